The van der Waals surface area contributed by atoms with Gasteiger partial charge >= 0.3 is 0 Å². The van der Waals surface area contributed by atoms with Crippen molar-refractivity contribution in [2.75, 3.05) is 32.2 Å². The molecule has 166 valence electrons. The van der Waals surface area contributed by atoms with Crippen molar-refractivity contribution in [1.82, 2.24) is 5.32 Å². The van der Waals surface area contributed by atoms with Gasteiger partial charge in [-0.3, -0.25) is 9.59 Å². The molecule has 3 aromatic rings. The molecule has 7 nitrogen and oxygen atoms in total. The van der Waals surface area contributed by atoms with Crippen molar-refractivity contribution in [3.05, 3.63) is 83.4 Å². The highest BCUT2D eigenvalue weighted by atomic mass is 35.5. The quantitative estimate of drug-likeness (QED) is 0.449. The minimum Gasteiger partial charge on any atom is -0.497 e. The molecular weight excluding hydrogens is 432 g/mol. The van der Waals surface area contributed by atoms with Crippen LogP contribution in [0.1, 0.15) is 10.4 Å². The number of halogens is 1. The molecule has 8 heteroatoms. The van der Waals surface area contributed by atoms with Gasteiger partial charge in [-0.15, -0.1) is 0 Å². The van der Waals surface area contributed by atoms with Gasteiger partial charge in [0.2, 0.25) is 0 Å². The number of amides is 2. The zero-order chi connectivity index (χ0) is 22.8. The van der Waals surface area contributed by atoms with E-state index in [0.29, 0.717) is 46.7 Å². The van der Waals surface area contributed by atoms with Crippen LogP contribution in [0.3, 0.4) is 0 Å². The SMILES string of the molecule is COc1cccc(NC(=O)COc2ccc(C(=O)NCCOc3ccc(Cl)cc3)cc2)c1. The highest BCUT2D eigenvalue weighted by Crippen LogP contribution is 2.17. The minimum atomic E-state index is -0.305. The van der Waals surface area contributed by atoms with Gasteiger partial charge in [0.05, 0.1) is 13.7 Å². The summed E-state index contributed by atoms with van der Waals surface area (Å²) in [4.78, 5) is 24.3. The van der Waals surface area contributed by atoms with E-state index in [0.717, 1.165) is 0 Å². The number of benzene rings is 3. The number of nitrogens with one attached hydrogen (secondary N) is 2. The highest BCUT2D eigenvalue weighted by Gasteiger charge is 2.08. The number of methoxy groups -OCH3 is 1. The van der Waals surface area contributed by atoms with E-state index < -0.39 is 0 Å². The number of rotatable bonds is 10. The van der Waals surface area contributed by atoms with Crippen LogP contribution >= 0.6 is 11.6 Å². The number of carbonyl (C=O) groups is 2. The first-order valence-electron chi connectivity index (χ1n) is 9.87. The molecule has 0 heterocycles. The van der Waals surface area contributed by atoms with Gasteiger partial charge in [0.25, 0.3) is 11.8 Å². The molecule has 3 rings (SSSR count). The lowest BCUT2D eigenvalue weighted by Crippen LogP contribution is -2.28. The Morgan fingerprint density at radius 3 is 2.28 bits per heavy atom. The number of hydrogen-bond acceptors (Lipinski definition) is 5. The van der Waals surface area contributed by atoms with Crippen LogP contribution in [-0.4, -0.2) is 38.7 Å². The summed E-state index contributed by atoms with van der Waals surface area (Å²) >= 11 is 5.83. The summed E-state index contributed by atoms with van der Waals surface area (Å²) in [5.41, 5.74) is 1.09. The molecule has 0 spiro atoms. The fourth-order valence-corrected chi connectivity index (χ4v) is 2.84. The van der Waals surface area contributed by atoms with Crippen molar-refractivity contribution < 1.29 is 23.8 Å². The Hall–Kier alpha value is -3.71. The normalized spacial score (nSPS) is 10.2. The summed E-state index contributed by atoms with van der Waals surface area (Å²) in [7, 11) is 1.56. The summed E-state index contributed by atoms with van der Waals surface area (Å²) < 4.78 is 16.1. The van der Waals surface area contributed by atoms with Crippen LogP contribution in [-0.2, 0) is 4.79 Å². The zero-order valence-electron chi connectivity index (χ0n) is 17.5. The topological polar surface area (TPSA) is 85.9 Å². The van der Waals surface area contributed by atoms with Gasteiger partial charge in [-0.25, -0.2) is 0 Å². The van der Waals surface area contributed by atoms with Gasteiger partial charge in [-0.05, 0) is 60.7 Å². The van der Waals surface area contributed by atoms with Crippen LogP contribution in [0.2, 0.25) is 5.02 Å². The third-order valence-electron chi connectivity index (χ3n) is 4.31. The van der Waals surface area contributed by atoms with Crippen molar-refractivity contribution in [3.63, 3.8) is 0 Å². The molecule has 2 amide bonds. The van der Waals surface area contributed by atoms with Crippen molar-refractivity contribution in [1.29, 1.82) is 0 Å². The molecule has 0 saturated heterocycles. The van der Waals surface area contributed by atoms with Crippen molar-refractivity contribution >= 4 is 29.1 Å². The highest BCUT2D eigenvalue weighted by molar-refractivity contribution is 6.30. The van der Waals surface area contributed by atoms with E-state index in [1.165, 1.54) is 0 Å². The molecule has 0 bridgehead atoms. The smallest absolute Gasteiger partial charge is 0.262 e. The summed E-state index contributed by atoms with van der Waals surface area (Å²) in [6, 6.07) is 20.6. The number of carbonyl (C=O) groups excluding carboxylic acids is 2. The van der Waals surface area contributed by atoms with Crippen LogP contribution in [0.25, 0.3) is 0 Å². The van der Waals surface area contributed by atoms with E-state index >= 15 is 0 Å². The van der Waals surface area contributed by atoms with Crippen LogP contribution in [0.15, 0.2) is 72.8 Å². The number of hydrogen-bond donors (Lipinski definition) is 2. The Balaban J connectivity index is 1.39. The molecule has 0 aliphatic heterocycles. The molecule has 0 atom stereocenters. The Morgan fingerprint density at radius 1 is 0.875 bits per heavy atom. The van der Waals surface area contributed by atoms with Crippen LogP contribution in [0.5, 0.6) is 17.2 Å². The summed E-state index contributed by atoms with van der Waals surface area (Å²) in [6.07, 6.45) is 0. The van der Waals surface area contributed by atoms with Gasteiger partial charge < -0.3 is 24.8 Å². The molecule has 0 aliphatic carbocycles. The van der Waals surface area contributed by atoms with E-state index in [9.17, 15) is 9.59 Å². The molecule has 0 unspecified atom stereocenters. The summed E-state index contributed by atoms with van der Waals surface area (Å²) in [5, 5.41) is 6.15. The molecule has 32 heavy (non-hydrogen) atoms. The van der Waals surface area contributed by atoms with Gasteiger partial charge in [0.15, 0.2) is 6.61 Å². The first kappa shape index (κ1) is 23.0. The minimum absolute atomic E-state index is 0.162. The van der Waals surface area contributed by atoms with E-state index in [1.807, 2.05) is 0 Å². The maximum absolute atomic E-state index is 12.2. The molecule has 0 aliphatic rings. The Bertz CT molecular complexity index is 1040. The summed E-state index contributed by atoms with van der Waals surface area (Å²) in [5.74, 6) is 1.27. The second kappa shape index (κ2) is 11.6. The van der Waals surface area contributed by atoms with Crippen LogP contribution in [0.4, 0.5) is 5.69 Å². The second-order valence-corrected chi connectivity index (χ2v) is 7.09. The second-order valence-electron chi connectivity index (χ2n) is 6.65. The predicted molar refractivity (Wildman–Crippen MR) is 123 cm³/mol. The maximum atomic E-state index is 12.2. The molecule has 0 saturated carbocycles. The first-order valence-corrected chi connectivity index (χ1v) is 10.2. The van der Waals surface area contributed by atoms with Crippen molar-refractivity contribution in [2.24, 2.45) is 0 Å². The predicted octanol–water partition coefficient (Wildman–Crippen LogP) is 4.17. The number of anilines is 1. The standard InChI is InChI=1S/C24H23ClN2O5/c1-30-22-4-2-3-19(15-22)27-23(28)16-32-21-9-5-17(6-10-21)24(29)26-13-14-31-20-11-7-18(25)8-12-20/h2-12,15H,13-14,16H2,1H3,(H,26,29)(H,27,28). The monoisotopic (exact) mass is 454 g/mol. The lowest BCUT2D eigenvalue weighted by atomic mass is 10.2. The average molecular weight is 455 g/mol. The van der Waals surface area contributed by atoms with Gasteiger partial charge in [0.1, 0.15) is 23.9 Å². The Morgan fingerprint density at radius 2 is 1.56 bits per heavy atom. The lowest BCUT2D eigenvalue weighted by molar-refractivity contribution is -0.118. The fraction of sp³-hybridized carbons (Fsp3) is 0.167. The molecule has 0 radical (unpaired) electrons. The third-order valence-corrected chi connectivity index (χ3v) is 4.56. The first-order chi connectivity index (χ1) is 15.5. The fourth-order valence-electron chi connectivity index (χ4n) is 2.72. The largest absolute Gasteiger partial charge is 0.497 e. The molecule has 3 aromatic carbocycles. The Kier molecular flexibility index (Phi) is 8.34. The average Bonchev–Trinajstić information content (AvgIpc) is 2.82. The van der Waals surface area contributed by atoms with Crippen molar-refractivity contribution in [3.8, 4) is 17.2 Å². The lowest BCUT2D eigenvalue weighted by Gasteiger charge is -2.10. The molecule has 0 fully saturated rings. The van der Waals surface area contributed by atoms with E-state index in [1.54, 1.807) is 79.9 Å². The van der Waals surface area contributed by atoms with Gasteiger partial charge in [0, 0.05) is 22.3 Å². The maximum Gasteiger partial charge on any atom is 0.262 e. The van der Waals surface area contributed by atoms with Gasteiger partial charge in [-0.1, -0.05) is 17.7 Å². The number of ether oxygens (including phenoxy) is 3. The van der Waals surface area contributed by atoms with E-state index in [2.05, 4.69) is 10.6 Å². The third kappa shape index (κ3) is 7.21. The molecule has 0 aromatic heterocycles. The van der Waals surface area contributed by atoms with E-state index in [-0.39, 0.29) is 18.4 Å². The molecular formula is C24H23ClN2O5. The molecule has 2 N–H and O–H groups in total. The van der Waals surface area contributed by atoms with Crippen LogP contribution < -0.4 is 24.8 Å². The zero-order valence-corrected chi connectivity index (χ0v) is 18.2. The van der Waals surface area contributed by atoms with Crippen LogP contribution in [0, 0.1) is 0 Å². The Labute approximate surface area is 191 Å². The summed E-state index contributed by atoms with van der Waals surface area (Å²) in [6.45, 7) is 0.520. The van der Waals surface area contributed by atoms with Crippen molar-refractivity contribution in [2.45, 2.75) is 0 Å². The van der Waals surface area contributed by atoms with Gasteiger partial charge in [-0.2, -0.15) is 0 Å². The van der Waals surface area contributed by atoms with E-state index in [4.69, 9.17) is 25.8 Å².